The minimum atomic E-state index is -0.554. The van der Waals surface area contributed by atoms with Gasteiger partial charge in [-0.05, 0) is 33.6 Å². The highest BCUT2D eigenvalue weighted by molar-refractivity contribution is 5.69. The van der Waals surface area contributed by atoms with Crippen LogP contribution < -0.4 is 5.32 Å². The highest BCUT2D eigenvalue weighted by atomic mass is 16.6. The standard InChI is InChI=1S/C11H19NO4/c1-11(2,3)16-10(14)12-8-5-4-6-15-9(8)7-13/h7-9H,4-6H2,1-3H3,(H,12,14)/t8-,9+/m1/s1. The normalized spacial score (nSPS) is 25.9. The number of amides is 1. The van der Waals surface area contributed by atoms with Gasteiger partial charge in [0.2, 0.25) is 0 Å². The number of rotatable bonds is 2. The van der Waals surface area contributed by atoms with Crippen molar-refractivity contribution in [3.05, 3.63) is 0 Å². The Morgan fingerprint density at radius 2 is 2.19 bits per heavy atom. The van der Waals surface area contributed by atoms with E-state index in [4.69, 9.17) is 9.47 Å². The van der Waals surface area contributed by atoms with Gasteiger partial charge < -0.3 is 19.6 Å². The van der Waals surface area contributed by atoms with Gasteiger partial charge in [-0.3, -0.25) is 0 Å². The molecule has 5 heteroatoms. The topological polar surface area (TPSA) is 64.6 Å². The lowest BCUT2D eigenvalue weighted by Gasteiger charge is -2.29. The lowest BCUT2D eigenvalue weighted by Crippen LogP contribution is -2.49. The highest BCUT2D eigenvalue weighted by Crippen LogP contribution is 2.14. The fourth-order valence-corrected chi connectivity index (χ4v) is 1.55. The van der Waals surface area contributed by atoms with Crippen LogP contribution in [0.3, 0.4) is 0 Å². The van der Waals surface area contributed by atoms with E-state index < -0.39 is 17.8 Å². The van der Waals surface area contributed by atoms with Crippen molar-refractivity contribution in [3.63, 3.8) is 0 Å². The summed E-state index contributed by atoms with van der Waals surface area (Å²) in [6, 6.07) is -0.277. The monoisotopic (exact) mass is 229 g/mol. The molecule has 0 aromatic heterocycles. The van der Waals surface area contributed by atoms with E-state index in [-0.39, 0.29) is 6.04 Å². The average Bonchev–Trinajstić information content (AvgIpc) is 2.15. The molecule has 1 fully saturated rings. The summed E-state index contributed by atoms with van der Waals surface area (Å²) in [7, 11) is 0. The molecule has 1 aliphatic rings. The van der Waals surface area contributed by atoms with E-state index in [1.165, 1.54) is 0 Å². The fourth-order valence-electron chi connectivity index (χ4n) is 1.55. The first-order valence-corrected chi connectivity index (χ1v) is 5.49. The van der Waals surface area contributed by atoms with Gasteiger partial charge in [-0.15, -0.1) is 0 Å². The van der Waals surface area contributed by atoms with E-state index in [9.17, 15) is 9.59 Å². The summed E-state index contributed by atoms with van der Waals surface area (Å²) < 4.78 is 10.3. The van der Waals surface area contributed by atoms with Crippen molar-refractivity contribution in [2.45, 2.75) is 51.4 Å². The predicted octanol–water partition coefficient (Wildman–Crippen LogP) is 1.26. The molecular formula is C11H19NO4. The lowest BCUT2D eigenvalue weighted by atomic mass is 10.0. The third-order valence-electron chi connectivity index (χ3n) is 2.20. The molecule has 1 rings (SSSR count). The Balaban J connectivity index is 2.45. The molecule has 1 saturated heterocycles. The molecule has 1 amide bonds. The largest absolute Gasteiger partial charge is 0.444 e. The van der Waals surface area contributed by atoms with Gasteiger partial charge in [0.25, 0.3) is 0 Å². The molecule has 0 aromatic carbocycles. The second-order valence-electron chi connectivity index (χ2n) is 4.87. The van der Waals surface area contributed by atoms with Gasteiger partial charge >= 0.3 is 6.09 Å². The number of hydrogen-bond donors (Lipinski definition) is 1. The third kappa shape index (κ3) is 4.18. The summed E-state index contributed by atoms with van der Waals surface area (Å²) in [5, 5.41) is 2.66. The van der Waals surface area contributed by atoms with E-state index in [2.05, 4.69) is 5.32 Å². The van der Waals surface area contributed by atoms with Crippen LogP contribution in [0.2, 0.25) is 0 Å². The molecule has 0 aromatic rings. The van der Waals surface area contributed by atoms with Crippen molar-refractivity contribution < 1.29 is 19.1 Å². The number of nitrogens with one attached hydrogen (secondary N) is 1. The van der Waals surface area contributed by atoms with Crippen molar-refractivity contribution in [2.75, 3.05) is 6.61 Å². The lowest BCUT2D eigenvalue weighted by molar-refractivity contribution is -0.122. The van der Waals surface area contributed by atoms with Gasteiger partial charge in [0.05, 0.1) is 6.04 Å². The SMILES string of the molecule is CC(C)(C)OC(=O)N[C@@H]1CCCO[C@H]1C=O. The molecule has 0 spiro atoms. The molecule has 0 radical (unpaired) electrons. The Morgan fingerprint density at radius 1 is 1.50 bits per heavy atom. The fraction of sp³-hybridized carbons (Fsp3) is 0.818. The van der Waals surface area contributed by atoms with E-state index in [1.54, 1.807) is 20.8 Å². The first-order chi connectivity index (χ1) is 7.42. The Kier molecular flexibility index (Phi) is 4.29. The summed E-state index contributed by atoms with van der Waals surface area (Å²) >= 11 is 0. The van der Waals surface area contributed by atoms with Crippen LogP contribution in [0, 0.1) is 0 Å². The van der Waals surface area contributed by atoms with Crippen molar-refractivity contribution >= 4 is 12.4 Å². The third-order valence-corrected chi connectivity index (χ3v) is 2.20. The van der Waals surface area contributed by atoms with Crippen LogP contribution in [0.4, 0.5) is 4.79 Å². The number of ether oxygens (including phenoxy) is 2. The molecule has 0 saturated carbocycles. The van der Waals surface area contributed by atoms with E-state index >= 15 is 0 Å². The Hall–Kier alpha value is -1.10. The second kappa shape index (κ2) is 5.30. The number of carbonyl (C=O) groups excluding carboxylic acids is 2. The van der Waals surface area contributed by atoms with Gasteiger partial charge in [0, 0.05) is 6.61 Å². The Morgan fingerprint density at radius 3 is 2.75 bits per heavy atom. The van der Waals surface area contributed by atoms with Gasteiger partial charge in [0.1, 0.15) is 11.7 Å². The molecule has 16 heavy (non-hydrogen) atoms. The maximum Gasteiger partial charge on any atom is 0.407 e. The van der Waals surface area contributed by atoms with Crippen molar-refractivity contribution in [2.24, 2.45) is 0 Å². The zero-order valence-electron chi connectivity index (χ0n) is 9.99. The number of hydrogen-bond acceptors (Lipinski definition) is 4. The highest BCUT2D eigenvalue weighted by Gasteiger charge is 2.28. The minimum Gasteiger partial charge on any atom is -0.444 e. The van der Waals surface area contributed by atoms with Crippen LogP contribution in [0.1, 0.15) is 33.6 Å². The first kappa shape index (κ1) is 13.0. The average molecular weight is 229 g/mol. The summed E-state index contributed by atoms with van der Waals surface area (Å²) in [6.45, 7) is 5.94. The summed E-state index contributed by atoms with van der Waals surface area (Å²) in [4.78, 5) is 22.2. The molecule has 0 aliphatic carbocycles. The molecule has 1 N–H and O–H groups in total. The van der Waals surface area contributed by atoms with Crippen molar-refractivity contribution in [1.29, 1.82) is 0 Å². The van der Waals surface area contributed by atoms with Crippen LogP contribution in [0.5, 0.6) is 0 Å². The number of alkyl carbamates (subject to hydrolysis) is 1. The van der Waals surface area contributed by atoms with Crippen molar-refractivity contribution in [3.8, 4) is 0 Å². The maximum atomic E-state index is 11.5. The quantitative estimate of drug-likeness (QED) is 0.724. The second-order valence-corrected chi connectivity index (χ2v) is 4.87. The minimum absolute atomic E-state index is 0.277. The van der Waals surface area contributed by atoms with E-state index in [1.807, 2.05) is 0 Å². The predicted molar refractivity (Wildman–Crippen MR) is 58.2 cm³/mol. The zero-order valence-corrected chi connectivity index (χ0v) is 9.99. The molecule has 1 aliphatic heterocycles. The molecule has 92 valence electrons. The molecule has 5 nitrogen and oxygen atoms in total. The number of aldehydes is 1. The van der Waals surface area contributed by atoms with Gasteiger partial charge in [-0.25, -0.2) is 4.79 Å². The van der Waals surface area contributed by atoms with Crippen LogP contribution in [0.15, 0.2) is 0 Å². The van der Waals surface area contributed by atoms with E-state index in [0.29, 0.717) is 6.61 Å². The van der Waals surface area contributed by atoms with Gasteiger partial charge in [-0.2, -0.15) is 0 Å². The Labute approximate surface area is 95.5 Å². The van der Waals surface area contributed by atoms with Gasteiger partial charge in [-0.1, -0.05) is 0 Å². The van der Waals surface area contributed by atoms with Gasteiger partial charge in [0.15, 0.2) is 6.29 Å². The summed E-state index contributed by atoms with van der Waals surface area (Å²) in [5.41, 5.74) is -0.531. The van der Waals surface area contributed by atoms with Crippen LogP contribution in [0.25, 0.3) is 0 Å². The smallest absolute Gasteiger partial charge is 0.407 e. The summed E-state index contributed by atoms with van der Waals surface area (Å²) in [6.07, 6.45) is 1.24. The molecule has 2 atom stereocenters. The molecule has 1 heterocycles. The number of carbonyl (C=O) groups is 2. The van der Waals surface area contributed by atoms with Crippen LogP contribution in [-0.2, 0) is 14.3 Å². The molecular weight excluding hydrogens is 210 g/mol. The summed E-state index contributed by atoms with van der Waals surface area (Å²) in [5.74, 6) is 0. The van der Waals surface area contributed by atoms with Crippen molar-refractivity contribution in [1.82, 2.24) is 5.32 Å². The van der Waals surface area contributed by atoms with Crippen LogP contribution in [-0.4, -0.2) is 36.7 Å². The maximum absolute atomic E-state index is 11.5. The zero-order chi connectivity index (χ0) is 12.2. The molecule has 0 bridgehead atoms. The van der Waals surface area contributed by atoms with E-state index in [0.717, 1.165) is 19.1 Å². The molecule has 0 unspecified atom stereocenters. The van der Waals surface area contributed by atoms with Crippen LogP contribution >= 0.6 is 0 Å². The first-order valence-electron chi connectivity index (χ1n) is 5.49. The Bertz CT molecular complexity index is 259.